The smallest absolute Gasteiger partial charge is 0.228 e. The highest BCUT2D eigenvalue weighted by molar-refractivity contribution is 5.83. The lowest BCUT2D eigenvalue weighted by atomic mass is 9.79. The number of rotatable bonds is 4. The Balaban J connectivity index is 1.77. The summed E-state index contributed by atoms with van der Waals surface area (Å²) in [5.74, 6) is 0.979. The van der Waals surface area contributed by atoms with E-state index >= 15 is 0 Å². The van der Waals surface area contributed by atoms with E-state index in [1.807, 2.05) is 12.1 Å². The zero-order chi connectivity index (χ0) is 15.6. The van der Waals surface area contributed by atoms with Crippen molar-refractivity contribution in [1.29, 1.82) is 0 Å². The molecule has 0 aromatic heterocycles. The van der Waals surface area contributed by atoms with Crippen molar-refractivity contribution in [3.8, 4) is 5.75 Å². The number of nitrogens with two attached hydrogens (primary N) is 1. The molecule has 1 aromatic carbocycles. The average molecular weight is 304 g/mol. The molecule has 1 amide bonds. The van der Waals surface area contributed by atoms with Crippen LogP contribution in [0.1, 0.15) is 36.4 Å². The minimum atomic E-state index is -0.472. The van der Waals surface area contributed by atoms with Gasteiger partial charge in [-0.3, -0.25) is 4.79 Å². The van der Waals surface area contributed by atoms with E-state index in [-0.39, 0.29) is 11.9 Å². The number of amides is 1. The Morgan fingerprint density at radius 3 is 2.91 bits per heavy atom. The largest absolute Gasteiger partial charge is 0.496 e. The summed E-state index contributed by atoms with van der Waals surface area (Å²) in [6.45, 7) is 1.60. The maximum Gasteiger partial charge on any atom is 0.228 e. The van der Waals surface area contributed by atoms with E-state index in [9.17, 15) is 4.79 Å². The molecule has 120 valence electrons. The standard InChI is InChI=1S/C17H24N2O3/c1-21-15-4-2-3-12-13(15)5-6-14(12)19-16(20)17(11-18)7-9-22-10-8-17/h2-4,14H,5-11,18H2,1H3,(H,19,20). The van der Waals surface area contributed by atoms with Crippen molar-refractivity contribution in [2.24, 2.45) is 11.1 Å². The van der Waals surface area contributed by atoms with Gasteiger partial charge in [-0.05, 0) is 42.9 Å². The van der Waals surface area contributed by atoms with E-state index in [1.165, 1.54) is 11.1 Å². The van der Waals surface area contributed by atoms with E-state index in [0.717, 1.165) is 18.6 Å². The first kappa shape index (κ1) is 15.3. The Morgan fingerprint density at radius 2 is 2.23 bits per heavy atom. The summed E-state index contributed by atoms with van der Waals surface area (Å²) in [6.07, 6.45) is 3.25. The highest BCUT2D eigenvalue weighted by atomic mass is 16.5. The molecule has 5 nitrogen and oxygen atoms in total. The van der Waals surface area contributed by atoms with Gasteiger partial charge >= 0.3 is 0 Å². The Bertz CT molecular complexity index is 553. The Labute approximate surface area is 131 Å². The Hall–Kier alpha value is -1.59. The number of carbonyl (C=O) groups is 1. The molecule has 1 aromatic rings. The predicted octanol–water partition coefficient (Wildman–Crippen LogP) is 1.55. The summed E-state index contributed by atoms with van der Waals surface area (Å²) < 4.78 is 10.8. The van der Waals surface area contributed by atoms with Crippen LogP contribution in [0.3, 0.4) is 0 Å². The summed E-state index contributed by atoms with van der Waals surface area (Å²) >= 11 is 0. The summed E-state index contributed by atoms with van der Waals surface area (Å²) in [6, 6.07) is 6.09. The molecule has 1 heterocycles. The van der Waals surface area contributed by atoms with Crippen LogP contribution < -0.4 is 15.8 Å². The quantitative estimate of drug-likeness (QED) is 0.885. The van der Waals surface area contributed by atoms with Gasteiger partial charge in [0, 0.05) is 19.8 Å². The van der Waals surface area contributed by atoms with Crippen molar-refractivity contribution in [3.05, 3.63) is 29.3 Å². The number of nitrogens with one attached hydrogen (secondary N) is 1. The molecule has 1 saturated heterocycles. The molecule has 1 aliphatic carbocycles. The lowest BCUT2D eigenvalue weighted by molar-refractivity contribution is -0.136. The fourth-order valence-corrected chi connectivity index (χ4v) is 3.56. The highest BCUT2D eigenvalue weighted by Gasteiger charge is 2.40. The monoisotopic (exact) mass is 304 g/mol. The first-order valence-electron chi connectivity index (χ1n) is 7.95. The van der Waals surface area contributed by atoms with Gasteiger partial charge in [-0.15, -0.1) is 0 Å². The maximum atomic E-state index is 12.8. The molecule has 0 radical (unpaired) electrons. The van der Waals surface area contributed by atoms with Crippen LogP contribution in [-0.2, 0) is 16.0 Å². The van der Waals surface area contributed by atoms with Gasteiger partial charge in [-0.1, -0.05) is 12.1 Å². The molecule has 5 heteroatoms. The summed E-state index contributed by atoms with van der Waals surface area (Å²) in [4.78, 5) is 12.8. The van der Waals surface area contributed by atoms with Gasteiger partial charge in [-0.25, -0.2) is 0 Å². The van der Waals surface area contributed by atoms with E-state index in [1.54, 1.807) is 7.11 Å². The zero-order valence-corrected chi connectivity index (χ0v) is 13.1. The molecule has 1 aliphatic heterocycles. The van der Waals surface area contributed by atoms with E-state index in [4.69, 9.17) is 15.2 Å². The first-order valence-corrected chi connectivity index (χ1v) is 7.95. The molecule has 3 rings (SSSR count). The summed E-state index contributed by atoms with van der Waals surface area (Å²) in [5.41, 5.74) is 7.83. The minimum Gasteiger partial charge on any atom is -0.496 e. The van der Waals surface area contributed by atoms with E-state index in [2.05, 4.69) is 11.4 Å². The minimum absolute atomic E-state index is 0.0591. The molecule has 0 spiro atoms. The van der Waals surface area contributed by atoms with Crippen LogP contribution >= 0.6 is 0 Å². The lowest BCUT2D eigenvalue weighted by Gasteiger charge is -2.35. The molecule has 1 unspecified atom stereocenters. The van der Waals surface area contributed by atoms with Gasteiger partial charge in [0.15, 0.2) is 0 Å². The van der Waals surface area contributed by atoms with Crippen LogP contribution in [0.25, 0.3) is 0 Å². The average Bonchev–Trinajstić information content (AvgIpc) is 2.98. The van der Waals surface area contributed by atoms with Gasteiger partial charge in [-0.2, -0.15) is 0 Å². The fraction of sp³-hybridized carbons (Fsp3) is 0.588. The Kier molecular flexibility index (Phi) is 4.36. The van der Waals surface area contributed by atoms with Crippen molar-refractivity contribution in [2.45, 2.75) is 31.7 Å². The third-order valence-electron chi connectivity index (χ3n) is 5.08. The number of methoxy groups -OCH3 is 1. The van der Waals surface area contributed by atoms with Gasteiger partial charge in [0.05, 0.1) is 18.6 Å². The number of hydrogen-bond donors (Lipinski definition) is 2. The highest BCUT2D eigenvalue weighted by Crippen LogP contribution is 2.38. The molecular weight excluding hydrogens is 280 g/mol. The second kappa shape index (κ2) is 6.26. The molecule has 1 fully saturated rings. The number of ether oxygens (including phenoxy) is 2. The molecule has 0 saturated carbocycles. The fourth-order valence-electron chi connectivity index (χ4n) is 3.56. The van der Waals surface area contributed by atoms with Crippen molar-refractivity contribution < 1.29 is 14.3 Å². The molecule has 2 aliphatic rings. The van der Waals surface area contributed by atoms with Crippen LogP contribution in [0.5, 0.6) is 5.75 Å². The van der Waals surface area contributed by atoms with Gasteiger partial charge in [0.2, 0.25) is 5.91 Å². The van der Waals surface area contributed by atoms with Gasteiger partial charge < -0.3 is 20.5 Å². The normalized spacial score (nSPS) is 22.9. The van der Waals surface area contributed by atoms with Gasteiger partial charge in [0.1, 0.15) is 5.75 Å². The van der Waals surface area contributed by atoms with E-state index in [0.29, 0.717) is 32.6 Å². The van der Waals surface area contributed by atoms with Crippen LogP contribution in [0.15, 0.2) is 18.2 Å². The molecule has 0 bridgehead atoms. The van der Waals surface area contributed by atoms with E-state index < -0.39 is 5.41 Å². The summed E-state index contributed by atoms with van der Waals surface area (Å²) in [5, 5.41) is 3.22. The third-order valence-corrected chi connectivity index (χ3v) is 5.08. The second-order valence-corrected chi connectivity index (χ2v) is 6.19. The second-order valence-electron chi connectivity index (χ2n) is 6.19. The predicted molar refractivity (Wildman–Crippen MR) is 83.7 cm³/mol. The van der Waals surface area contributed by atoms with Crippen LogP contribution in [0.2, 0.25) is 0 Å². The van der Waals surface area contributed by atoms with Crippen molar-refractivity contribution in [1.82, 2.24) is 5.32 Å². The number of hydrogen-bond acceptors (Lipinski definition) is 4. The molecular formula is C17H24N2O3. The van der Waals surface area contributed by atoms with Crippen molar-refractivity contribution in [3.63, 3.8) is 0 Å². The molecule has 22 heavy (non-hydrogen) atoms. The lowest BCUT2D eigenvalue weighted by Crippen LogP contribution is -2.49. The third kappa shape index (κ3) is 2.59. The number of fused-ring (bicyclic) bond motifs is 1. The summed E-state index contributed by atoms with van der Waals surface area (Å²) in [7, 11) is 1.69. The Morgan fingerprint density at radius 1 is 1.45 bits per heavy atom. The molecule has 1 atom stereocenters. The van der Waals surface area contributed by atoms with Crippen LogP contribution in [-0.4, -0.2) is 32.8 Å². The number of carbonyl (C=O) groups excluding carboxylic acids is 1. The zero-order valence-electron chi connectivity index (χ0n) is 13.1. The van der Waals surface area contributed by atoms with Gasteiger partial charge in [0.25, 0.3) is 0 Å². The van der Waals surface area contributed by atoms with Crippen molar-refractivity contribution >= 4 is 5.91 Å². The first-order chi connectivity index (χ1) is 10.7. The number of benzene rings is 1. The van der Waals surface area contributed by atoms with Crippen molar-refractivity contribution in [2.75, 3.05) is 26.9 Å². The van der Waals surface area contributed by atoms with Crippen LogP contribution in [0, 0.1) is 5.41 Å². The topological polar surface area (TPSA) is 73.6 Å². The van der Waals surface area contributed by atoms with Crippen LogP contribution in [0.4, 0.5) is 0 Å². The molecule has 3 N–H and O–H groups in total. The maximum absolute atomic E-state index is 12.8. The SMILES string of the molecule is COc1cccc2c1CCC2NC(=O)C1(CN)CCOCC1.